The Morgan fingerprint density at radius 3 is 2.25 bits per heavy atom. The zero-order valence-electron chi connectivity index (χ0n) is 18.1. The Bertz CT molecular complexity index is 1240. The molecule has 1 aliphatic heterocycles. The zero-order chi connectivity index (χ0) is 21.8. The summed E-state index contributed by atoms with van der Waals surface area (Å²) in [5, 5.41) is 7.19. The van der Waals surface area contributed by atoms with Gasteiger partial charge in [0.1, 0.15) is 0 Å². The largest absolute Gasteiger partial charge is 0.257 e. The van der Waals surface area contributed by atoms with Crippen LogP contribution < -0.4 is 5.01 Å². The Labute approximate surface area is 189 Å². The Morgan fingerprint density at radius 1 is 0.812 bits per heavy atom. The van der Waals surface area contributed by atoms with Gasteiger partial charge in [0.25, 0.3) is 0 Å². The van der Waals surface area contributed by atoms with E-state index in [2.05, 4.69) is 108 Å². The molecule has 0 aliphatic carbocycles. The minimum atomic E-state index is 0.179. The van der Waals surface area contributed by atoms with Crippen LogP contribution in [0.3, 0.4) is 0 Å². The number of benzene rings is 4. The summed E-state index contributed by atoms with van der Waals surface area (Å²) >= 11 is 0. The van der Waals surface area contributed by atoms with E-state index in [0.29, 0.717) is 0 Å². The number of aryl methyl sites for hydroxylation is 1. The van der Waals surface area contributed by atoms with Crippen LogP contribution in [0, 0.1) is 6.92 Å². The number of hydrogen-bond acceptors (Lipinski definition) is 3. The molecule has 1 aliphatic rings. The van der Waals surface area contributed by atoms with Gasteiger partial charge in [0.05, 0.1) is 23.1 Å². The average molecular weight is 416 g/mol. The maximum atomic E-state index is 5.04. The van der Waals surface area contributed by atoms with E-state index < -0.39 is 0 Å². The van der Waals surface area contributed by atoms with Gasteiger partial charge in [-0.05, 0) is 53.4 Å². The lowest BCUT2D eigenvalue weighted by atomic mass is 9.98. The minimum absolute atomic E-state index is 0.179. The van der Waals surface area contributed by atoms with Gasteiger partial charge in [0.2, 0.25) is 0 Å². The minimum Gasteiger partial charge on any atom is -0.257 e. The molecule has 0 radical (unpaired) electrons. The van der Waals surface area contributed by atoms with Crippen molar-refractivity contribution in [2.75, 3.05) is 5.01 Å². The Kier molecular flexibility index (Phi) is 5.63. The Hall–Kier alpha value is -3.98. The first-order valence-corrected chi connectivity index (χ1v) is 10.9. The summed E-state index contributed by atoms with van der Waals surface area (Å²) < 4.78 is 0. The van der Waals surface area contributed by atoms with E-state index in [9.17, 15) is 0 Å². The van der Waals surface area contributed by atoms with E-state index in [1.54, 1.807) is 0 Å². The van der Waals surface area contributed by atoms with Crippen molar-refractivity contribution in [2.24, 2.45) is 10.1 Å². The normalized spacial score (nSPS) is 15.8. The summed E-state index contributed by atoms with van der Waals surface area (Å²) in [4.78, 5) is 4.61. The molecule has 156 valence electrons. The average Bonchev–Trinajstić information content (AvgIpc) is 3.30. The molecule has 32 heavy (non-hydrogen) atoms. The van der Waals surface area contributed by atoms with Gasteiger partial charge < -0.3 is 0 Å². The number of rotatable bonds is 5. The quantitative estimate of drug-likeness (QED) is 0.319. The molecule has 3 heteroatoms. The second-order valence-electron chi connectivity index (χ2n) is 8.08. The molecule has 0 saturated carbocycles. The Balaban J connectivity index is 1.43. The highest BCUT2D eigenvalue weighted by Gasteiger charge is 2.29. The lowest BCUT2D eigenvalue weighted by Gasteiger charge is -2.24. The fourth-order valence-corrected chi connectivity index (χ4v) is 4.06. The first kappa shape index (κ1) is 20.0. The van der Waals surface area contributed by atoms with Crippen LogP contribution in [-0.2, 0) is 0 Å². The van der Waals surface area contributed by atoms with Crippen LogP contribution in [0.2, 0.25) is 0 Å². The predicted octanol–water partition coefficient (Wildman–Crippen LogP) is 7.10. The van der Waals surface area contributed by atoms with Crippen LogP contribution in [0.5, 0.6) is 0 Å². The number of anilines is 1. The number of aliphatic imine (C=N–C) groups is 1. The highest BCUT2D eigenvalue weighted by Crippen LogP contribution is 2.36. The molecule has 0 saturated heterocycles. The number of hydrogen-bond donors (Lipinski definition) is 0. The maximum Gasteiger partial charge on any atom is 0.0831 e. The van der Waals surface area contributed by atoms with Gasteiger partial charge in [0, 0.05) is 12.6 Å². The molecule has 1 heterocycles. The third-order valence-corrected chi connectivity index (χ3v) is 5.72. The van der Waals surface area contributed by atoms with Crippen molar-refractivity contribution in [2.45, 2.75) is 19.4 Å². The monoisotopic (exact) mass is 415 g/mol. The summed E-state index contributed by atoms with van der Waals surface area (Å²) in [7, 11) is 0. The third-order valence-electron chi connectivity index (χ3n) is 5.72. The van der Waals surface area contributed by atoms with E-state index in [1.165, 1.54) is 16.7 Å². The van der Waals surface area contributed by atoms with Gasteiger partial charge in [-0.3, -0.25) is 10.0 Å². The van der Waals surface area contributed by atoms with Crippen LogP contribution in [0.4, 0.5) is 11.4 Å². The van der Waals surface area contributed by atoms with Crippen molar-refractivity contribution in [3.05, 3.63) is 131 Å². The van der Waals surface area contributed by atoms with E-state index >= 15 is 0 Å². The number of hydrazone groups is 1. The summed E-state index contributed by atoms with van der Waals surface area (Å²) in [5.74, 6) is 0. The van der Waals surface area contributed by atoms with Crippen molar-refractivity contribution < 1.29 is 0 Å². The first-order chi connectivity index (χ1) is 15.8. The molecule has 0 aromatic heterocycles. The topological polar surface area (TPSA) is 28.0 Å². The standard InChI is InChI=1S/C29H25N3/c1-22-9-8-14-26(19-22)30-21-23-15-17-27(18-16-23)32-29(25-12-6-3-7-13-25)20-28(31-32)24-10-4-2-5-11-24/h2-19,21,29H,20H2,1H3/t29-/m1/s1. The van der Waals surface area contributed by atoms with Crippen molar-refractivity contribution in [1.29, 1.82) is 0 Å². The summed E-state index contributed by atoms with van der Waals surface area (Å²) in [6.45, 7) is 2.08. The van der Waals surface area contributed by atoms with E-state index in [-0.39, 0.29) is 6.04 Å². The molecule has 0 N–H and O–H groups in total. The van der Waals surface area contributed by atoms with Crippen molar-refractivity contribution >= 4 is 23.3 Å². The molecule has 3 nitrogen and oxygen atoms in total. The molecule has 4 aromatic carbocycles. The van der Waals surface area contributed by atoms with Gasteiger partial charge in [0.15, 0.2) is 0 Å². The van der Waals surface area contributed by atoms with Gasteiger partial charge >= 0.3 is 0 Å². The molecule has 0 unspecified atom stereocenters. The molecule has 1 atom stereocenters. The van der Waals surface area contributed by atoms with Crippen LogP contribution in [0.25, 0.3) is 0 Å². The van der Waals surface area contributed by atoms with Crippen molar-refractivity contribution in [3.8, 4) is 0 Å². The molecule has 0 bridgehead atoms. The molecular weight excluding hydrogens is 390 g/mol. The maximum absolute atomic E-state index is 5.04. The summed E-state index contributed by atoms with van der Waals surface area (Å²) in [5.41, 5.74) is 7.89. The van der Waals surface area contributed by atoms with Crippen LogP contribution >= 0.6 is 0 Å². The third kappa shape index (κ3) is 4.37. The van der Waals surface area contributed by atoms with Crippen LogP contribution in [0.1, 0.15) is 34.7 Å². The van der Waals surface area contributed by atoms with E-state index in [1.807, 2.05) is 24.4 Å². The number of nitrogens with zero attached hydrogens (tertiary/aromatic N) is 3. The fourth-order valence-electron chi connectivity index (χ4n) is 4.06. The van der Waals surface area contributed by atoms with Gasteiger partial charge in [-0.1, -0.05) is 84.9 Å². The van der Waals surface area contributed by atoms with Gasteiger partial charge in [-0.25, -0.2) is 0 Å². The van der Waals surface area contributed by atoms with Crippen molar-refractivity contribution in [3.63, 3.8) is 0 Å². The molecular formula is C29H25N3. The van der Waals surface area contributed by atoms with E-state index in [4.69, 9.17) is 5.10 Å². The Morgan fingerprint density at radius 2 is 1.53 bits per heavy atom. The SMILES string of the molecule is Cc1cccc(N=Cc2ccc(N3N=C(c4ccccc4)C[C@@H]3c3ccccc3)cc2)c1. The van der Waals surface area contributed by atoms with Gasteiger partial charge in [-0.2, -0.15) is 5.10 Å². The predicted molar refractivity (Wildman–Crippen MR) is 134 cm³/mol. The lowest BCUT2D eigenvalue weighted by Crippen LogP contribution is -2.18. The second kappa shape index (κ2) is 9.03. The first-order valence-electron chi connectivity index (χ1n) is 10.9. The highest BCUT2D eigenvalue weighted by atomic mass is 15.5. The smallest absolute Gasteiger partial charge is 0.0831 e. The lowest BCUT2D eigenvalue weighted by molar-refractivity contribution is 0.709. The molecule has 0 amide bonds. The van der Waals surface area contributed by atoms with Crippen LogP contribution in [-0.4, -0.2) is 11.9 Å². The highest BCUT2D eigenvalue weighted by molar-refractivity contribution is 6.03. The fraction of sp³-hybridized carbons (Fsp3) is 0.103. The molecule has 0 spiro atoms. The van der Waals surface area contributed by atoms with Crippen molar-refractivity contribution in [1.82, 2.24) is 0 Å². The second-order valence-corrected chi connectivity index (χ2v) is 8.08. The summed E-state index contributed by atoms with van der Waals surface area (Å²) in [6.07, 6.45) is 2.79. The molecule has 4 aromatic rings. The molecule has 0 fully saturated rings. The molecule has 5 rings (SSSR count). The zero-order valence-corrected chi connectivity index (χ0v) is 18.1. The van der Waals surface area contributed by atoms with E-state index in [0.717, 1.165) is 29.1 Å². The van der Waals surface area contributed by atoms with Gasteiger partial charge in [-0.15, -0.1) is 0 Å². The summed E-state index contributed by atoms with van der Waals surface area (Å²) in [6, 6.07) is 37.9. The van der Waals surface area contributed by atoms with Crippen LogP contribution in [0.15, 0.2) is 119 Å².